The third-order valence-corrected chi connectivity index (χ3v) is 4.18. The molecule has 3 N–H and O–H groups in total. The summed E-state index contributed by atoms with van der Waals surface area (Å²) in [4.78, 5) is 35.1. The Morgan fingerprint density at radius 2 is 2.04 bits per heavy atom. The summed E-state index contributed by atoms with van der Waals surface area (Å²) in [6.45, 7) is 1.93. The molecule has 1 aromatic rings. The van der Waals surface area contributed by atoms with E-state index in [9.17, 15) is 14.4 Å². The van der Waals surface area contributed by atoms with E-state index in [0.717, 1.165) is 19.3 Å². The Morgan fingerprint density at radius 1 is 1.25 bits per heavy atom. The van der Waals surface area contributed by atoms with Crippen molar-refractivity contribution in [2.24, 2.45) is 5.92 Å². The summed E-state index contributed by atoms with van der Waals surface area (Å²) in [7, 11) is 1.25. The standard InChI is InChI=1S/C17H23N3O4/c1-11-5-3-8-14(11)20-17(23)19-13-7-4-6-12(9-13)16(22)18-10-15(21)24-2/h4,6-7,9,11,14H,3,5,8,10H2,1-2H3,(H,18,22)(H2,19,20,23)/t11-,14+/m0/s1. The number of carbonyl (C=O) groups excluding carboxylic acids is 3. The van der Waals surface area contributed by atoms with Gasteiger partial charge in [0.15, 0.2) is 0 Å². The van der Waals surface area contributed by atoms with Crippen molar-refractivity contribution in [3.05, 3.63) is 29.8 Å². The van der Waals surface area contributed by atoms with Crippen molar-refractivity contribution in [1.82, 2.24) is 10.6 Å². The summed E-state index contributed by atoms with van der Waals surface area (Å²) < 4.78 is 4.47. The number of methoxy groups -OCH3 is 1. The Bertz CT molecular complexity index is 618. The molecule has 130 valence electrons. The van der Waals surface area contributed by atoms with Crippen LogP contribution in [0.25, 0.3) is 0 Å². The van der Waals surface area contributed by atoms with Crippen molar-refractivity contribution in [3.8, 4) is 0 Å². The highest BCUT2D eigenvalue weighted by Gasteiger charge is 2.24. The average Bonchev–Trinajstić information content (AvgIpc) is 2.97. The lowest BCUT2D eigenvalue weighted by atomic mass is 10.1. The number of rotatable bonds is 5. The van der Waals surface area contributed by atoms with E-state index in [1.807, 2.05) is 0 Å². The minimum absolute atomic E-state index is 0.191. The Kier molecular flexibility index (Phi) is 6.17. The summed E-state index contributed by atoms with van der Waals surface area (Å²) in [5.41, 5.74) is 0.870. The lowest BCUT2D eigenvalue weighted by Gasteiger charge is -2.17. The molecule has 0 radical (unpaired) electrons. The molecule has 1 aliphatic carbocycles. The van der Waals surface area contributed by atoms with E-state index >= 15 is 0 Å². The summed E-state index contributed by atoms with van der Waals surface area (Å²) in [5, 5.41) is 8.15. The van der Waals surface area contributed by atoms with Crippen LogP contribution in [0.5, 0.6) is 0 Å². The Morgan fingerprint density at radius 3 is 2.71 bits per heavy atom. The summed E-state index contributed by atoms with van der Waals surface area (Å²) in [5.74, 6) is -0.456. The minimum atomic E-state index is -0.525. The van der Waals surface area contributed by atoms with Crippen LogP contribution in [0.4, 0.5) is 10.5 Å². The van der Waals surface area contributed by atoms with Gasteiger partial charge in [-0.2, -0.15) is 0 Å². The first-order chi connectivity index (χ1) is 11.5. The molecule has 0 unspecified atom stereocenters. The lowest BCUT2D eigenvalue weighted by Crippen LogP contribution is -2.39. The maximum Gasteiger partial charge on any atom is 0.325 e. The van der Waals surface area contributed by atoms with Crippen LogP contribution in [0.2, 0.25) is 0 Å². The number of esters is 1. The number of carbonyl (C=O) groups is 3. The fourth-order valence-electron chi connectivity index (χ4n) is 2.76. The zero-order chi connectivity index (χ0) is 17.5. The molecular weight excluding hydrogens is 310 g/mol. The maximum absolute atomic E-state index is 12.1. The first kappa shape index (κ1) is 17.8. The molecule has 7 nitrogen and oxygen atoms in total. The predicted molar refractivity (Wildman–Crippen MR) is 89.7 cm³/mol. The van der Waals surface area contributed by atoms with Crippen molar-refractivity contribution >= 4 is 23.6 Å². The summed E-state index contributed by atoms with van der Waals surface area (Å²) in [6.07, 6.45) is 3.24. The second-order valence-corrected chi connectivity index (χ2v) is 5.95. The molecule has 0 saturated heterocycles. The van der Waals surface area contributed by atoms with Gasteiger partial charge < -0.3 is 20.7 Å². The van der Waals surface area contributed by atoms with Crippen LogP contribution >= 0.6 is 0 Å². The van der Waals surface area contributed by atoms with E-state index in [-0.39, 0.29) is 18.6 Å². The van der Waals surface area contributed by atoms with E-state index < -0.39 is 11.9 Å². The van der Waals surface area contributed by atoms with Gasteiger partial charge in [0.25, 0.3) is 5.91 Å². The number of anilines is 1. The molecule has 7 heteroatoms. The lowest BCUT2D eigenvalue weighted by molar-refractivity contribution is -0.139. The molecule has 1 saturated carbocycles. The number of amides is 3. The van der Waals surface area contributed by atoms with Crippen LogP contribution in [-0.2, 0) is 9.53 Å². The SMILES string of the molecule is COC(=O)CNC(=O)c1cccc(NC(=O)N[C@@H]2CCC[C@@H]2C)c1. The minimum Gasteiger partial charge on any atom is -0.468 e. The monoisotopic (exact) mass is 333 g/mol. The zero-order valence-corrected chi connectivity index (χ0v) is 13.9. The first-order valence-corrected chi connectivity index (χ1v) is 8.02. The number of benzene rings is 1. The molecule has 2 atom stereocenters. The zero-order valence-electron chi connectivity index (χ0n) is 13.9. The molecule has 24 heavy (non-hydrogen) atoms. The number of ether oxygens (including phenoxy) is 1. The van der Waals surface area contributed by atoms with Gasteiger partial charge in [-0.3, -0.25) is 9.59 Å². The van der Waals surface area contributed by atoms with Crippen LogP contribution < -0.4 is 16.0 Å². The van der Waals surface area contributed by atoms with Gasteiger partial charge in [-0.1, -0.05) is 19.4 Å². The van der Waals surface area contributed by atoms with E-state index in [0.29, 0.717) is 17.2 Å². The number of nitrogens with one attached hydrogen (secondary N) is 3. The quantitative estimate of drug-likeness (QED) is 0.717. The molecule has 0 heterocycles. The van der Waals surface area contributed by atoms with Crippen LogP contribution in [0, 0.1) is 5.92 Å². The number of hydrogen-bond acceptors (Lipinski definition) is 4. The predicted octanol–water partition coefficient (Wildman–Crippen LogP) is 1.90. The van der Waals surface area contributed by atoms with Gasteiger partial charge in [-0.15, -0.1) is 0 Å². The summed E-state index contributed by atoms with van der Waals surface area (Å²) in [6, 6.07) is 6.45. The molecular formula is C17H23N3O4. The van der Waals surface area contributed by atoms with E-state index in [2.05, 4.69) is 27.6 Å². The van der Waals surface area contributed by atoms with Crippen LogP contribution in [0.15, 0.2) is 24.3 Å². The molecule has 0 aliphatic heterocycles. The van der Waals surface area contributed by atoms with Crippen molar-refractivity contribution in [2.75, 3.05) is 19.0 Å². The third kappa shape index (κ3) is 4.97. The second-order valence-electron chi connectivity index (χ2n) is 5.95. The van der Waals surface area contributed by atoms with E-state index in [4.69, 9.17) is 0 Å². The normalized spacial score (nSPS) is 19.4. The van der Waals surface area contributed by atoms with E-state index in [1.54, 1.807) is 24.3 Å². The van der Waals surface area contributed by atoms with Gasteiger partial charge in [0.05, 0.1) is 7.11 Å². The topological polar surface area (TPSA) is 96.5 Å². The second kappa shape index (κ2) is 8.33. The van der Waals surface area contributed by atoms with Crippen LogP contribution in [0.3, 0.4) is 0 Å². The first-order valence-electron chi connectivity index (χ1n) is 8.02. The molecule has 0 bridgehead atoms. The van der Waals surface area contributed by atoms with Crippen LogP contribution in [0.1, 0.15) is 36.5 Å². The Hall–Kier alpha value is -2.57. The van der Waals surface area contributed by atoms with Gasteiger partial charge >= 0.3 is 12.0 Å². The highest BCUT2D eigenvalue weighted by Crippen LogP contribution is 2.24. The van der Waals surface area contributed by atoms with Crippen LogP contribution in [-0.4, -0.2) is 37.6 Å². The fourth-order valence-corrected chi connectivity index (χ4v) is 2.76. The molecule has 1 fully saturated rings. The van der Waals surface area contributed by atoms with Gasteiger partial charge in [0, 0.05) is 17.3 Å². The fraction of sp³-hybridized carbons (Fsp3) is 0.471. The smallest absolute Gasteiger partial charge is 0.325 e. The molecule has 0 aromatic heterocycles. The van der Waals surface area contributed by atoms with Crippen molar-refractivity contribution in [3.63, 3.8) is 0 Å². The van der Waals surface area contributed by atoms with Gasteiger partial charge in [0.2, 0.25) is 0 Å². The number of urea groups is 1. The van der Waals surface area contributed by atoms with Crippen molar-refractivity contribution in [1.29, 1.82) is 0 Å². The highest BCUT2D eigenvalue weighted by molar-refractivity contribution is 5.98. The molecule has 2 rings (SSSR count). The largest absolute Gasteiger partial charge is 0.468 e. The Labute approximate surface area is 141 Å². The highest BCUT2D eigenvalue weighted by atomic mass is 16.5. The van der Waals surface area contributed by atoms with Gasteiger partial charge in [0.1, 0.15) is 6.54 Å². The van der Waals surface area contributed by atoms with Gasteiger partial charge in [-0.05, 0) is 37.0 Å². The van der Waals surface area contributed by atoms with E-state index in [1.165, 1.54) is 7.11 Å². The molecule has 0 spiro atoms. The molecule has 1 aliphatic rings. The molecule has 1 aromatic carbocycles. The average molecular weight is 333 g/mol. The third-order valence-electron chi connectivity index (χ3n) is 4.18. The summed E-state index contributed by atoms with van der Waals surface area (Å²) >= 11 is 0. The van der Waals surface area contributed by atoms with Gasteiger partial charge in [-0.25, -0.2) is 4.79 Å². The van der Waals surface area contributed by atoms with Crippen molar-refractivity contribution in [2.45, 2.75) is 32.2 Å². The van der Waals surface area contributed by atoms with Crippen molar-refractivity contribution < 1.29 is 19.1 Å². The maximum atomic E-state index is 12.1. The molecule has 3 amide bonds. The number of hydrogen-bond donors (Lipinski definition) is 3. The Balaban J connectivity index is 1.90.